The molecule has 3 heteroatoms. The van der Waals surface area contributed by atoms with Crippen LogP contribution in [0.3, 0.4) is 0 Å². The van der Waals surface area contributed by atoms with Gasteiger partial charge >= 0.3 is 0 Å². The van der Waals surface area contributed by atoms with Gasteiger partial charge in [-0.15, -0.1) is 0 Å². The highest BCUT2D eigenvalue weighted by molar-refractivity contribution is 6.31. The monoisotopic (exact) mass is 289 g/mol. The van der Waals surface area contributed by atoms with Crippen LogP contribution in [0.5, 0.6) is 11.5 Å². The van der Waals surface area contributed by atoms with Gasteiger partial charge in [-0.25, -0.2) is 0 Å². The summed E-state index contributed by atoms with van der Waals surface area (Å²) in [6.45, 7) is 6.16. The maximum atomic E-state index is 6.32. The van der Waals surface area contributed by atoms with E-state index in [0.29, 0.717) is 0 Å². The van der Waals surface area contributed by atoms with Gasteiger partial charge in [0.1, 0.15) is 11.5 Å². The minimum Gasteiger partial charge on any atom is -0.457 e. The third-order valence-electron chi connectivity index (χ3n) is 3.44. The summed E-state index contributed by atoms with van der Waals surface area (Å²) < 4.78 is 5.93. The van der Waals surface area contributed by atoms with Crippen molar-refractivity contribution < 1.29 is 4.74 Å². The third kappa shape index (κ3) is 3.33. The number of halogens is 1. The fraction of sp³-hybridized carbons (Fsp3) is 0.294. The first kappa shape index (κ1) is 14.9. The quantitative estimate of drug-likeness (QED) is 0.852. The van der Waals surface area contributed by atoms with Crippen molar-refractivity contribution in [2.75, 3.05) is 7.05 Å². The first-order valence-corrected chi connectivity index (χ1v) is 7.11. The predicted octanol–water partition coefficient (Wildman–Crippen LogP) is 5.03. The lowest BCUT2D eigenvalue weighted by Crippen LogP contribution is -2.12. The molecular formula is C17H20ClNO. The molecule has 2 aromatic rings. The second-order valence-corrected chi connectivity index (χ2v) is 5.47. The number of ether oxygens (including phenoxy) is 1. The minimum absolute atomic E-state index is 0.220. The topological polar surface area (TPSA) is 21.3 Å². The van der Waals surface area contributed by atoms with E-state index in [-0.39, 0.29) is 6.04 Å². The molecular weight excluding hydrogens is 270 g/mol. The van der Waals surface area contributed by atoms with Crippen molar-refractivity contribution in [1.29, 1.82) is 0 Å². The zero-order valence-corrected chi connectivity index (χ0v) is 13.1. The van der Waals surface area contributed by atoms with Crippen LogP contribution in [0, 0.1) is 13.8 Å². The molecule has 0 aliphatic carbocycles. The van der Waals surface area contributed by atoms with Gasteiger partial charge in [-0.1, -0.05) is 29.8 Å². The Bertz CT molecular complexity index is 610. The van der Waals surface area contributed by atoms with Crippen LogP contribution < -0.4 is 10.1 Å². The zero-order chi connectivity index (χ0) is 14.7. The van der Waals surface area contributed by atoms with Crippen LogP contribution >= 0.6 is 11.6 Å². The molecule has 0 aliphatic rings. The largest absolute Gasteiger partial charge is 0.457 e. The molecule has 2 nitrogen and oxygen atoms in total. The van der Waals surface area contributed by atoms with Gasteiger partial charge in [0.05, 0.1) is 0 Å². The Morgan fingerprint density at radius 2 is 1.85 bits per heavy atom. The highest BCUT2D eigenvalue weighted by Gasteiger charge is 2.09. The number of benzene rings is 2. The van der Waals surface area contributed by atoms with Gasteiger partial charge in [0, 0.05) is 11.1 Å². The fourth-order valence-electron chi connectivity index (χ4n) is 2.02. The highest BCUT2D eigenvalue weighted by atomic mass is 35.5. The van der Waals surface area contributed by atoms with E-state index in [4.69, 9.17) is 16.3 Å². The molecule has 20 heavy (non-hydrogen) atoms. The summed E-state index contributed by atoms with van der Waals surface area (Å²) >= 11 is 6.32. The molecule has 0 aliphatic heterocycles. The predicted molar refractivity (Wildman–Crippen MR) is 84.9 cm³/mol. The number of aryl methyl sites for hydroxylation is 2. The van der Waals surface area contributed by atoms with Crippen molar-refractivity contribution in [2.45, 2.75) is 26.8 Å². The molecule has 0 fully saturated rings. The van der Waals surface area contributed by atoms with Gasteiger partial charge in [-0.3, -0.25) is 0 Å². The van der Waals surface area contributed by atoms with Crippen LogP contribution in [-0.2, 0) is 0 Å². The Labute approximate surface area is 125 Å². The third-order valence-corrected chi connectivity index (χ3v) is 3.77. The van der Waals surface area contributed by atoms with Crippen molar-refractivity contribution in [3.63, 3.8) is 0 Å². The normalized spacial score (nSPS) is 12.2. The zero-order valence-electron chi connectivity index (χ0n) is 12.3. The van der Waals surface area contributed by atoms with E-state index in [2.05, 4.69) is 31.3 Å². The lowest BCUT2D eigenvalue weighted by Gasteiger charge is -2.15. The molecule has 1 atom stereocenters. The van der Waals surface area contributed by atoms with Gasteiger partial charge in [0.25, 0.3) is 0 Å². The second-order valence-electron chi connectivity index (χ2n) is 5.06. The standard InChI is InChI=1S/C17H20ClNO/c1-11-5-6-12(2)17(9-11)20-14-7-8-15(13(3)19-4)16(18)10-14/h5-10,13,19H,1-4H3. The van der Waals surface area contributed by atoms with Crippen molar-refractivity contribution in [2.24, 2.45) is 0 Å². The van der Waals surface area contributed by atoms with E-state index < -0.39 is 0 Å². The van der Waals surface area contributed by atoms with Gasteiger partial charge in [-0.05, 0) is 62.7 Å². The summed E-state index contributed by atoms with van der Waals surface area (Å²) in [5, 5.41) is 3.90. The molecule has 0 radical (unpaired) electrons. The Kier molecular flexibility index (Phi) is 4.69. The van der Waals surface area contributed by atoms with E-state index in [0.717, 1.165) is 27.6 Å². The number of hydrogen-bond donors (Lipinski definition) is 1. The molecule has 1 unspecified atom stereocenters. The Morgan fingerprint density at radius 3 is 2.50 bits per heavy atom. The van der Waals surface area contributed by atoms with Crippen LogP contribution in [0.15, 0.2) is 36.4 Å². The summed E-state index contributed by atoms with van der Waals surface area (Å²) in [6, 6.07) is 12.2. The molecule has 2 rings (SSSR count). The fourth-order valence-corrected chi connectivity index (χ4v) is 2.36. The van der Waals surface area contributed by atoms with Crippen molar-refractivity contribution in [3.05, 3.63) is 58.1 Å². The smallest absolute Gasteiger partial charge is 0.130 e. The van der Waals surface area contributed by atoms with E-state index in [9.17, 15) is 0 Å². The molecule has 1 N–H and O–H groups in total. The average molecular weight is 290 g/mol. The molecule has 0 heterocycles. The van der Waals surface area contributed by atoms with Crippen LogP contribution in [0.4, 0.5) is 0 Å². The van der Waals surface area contributed by atoms with Gasteiger partial charge in [0.15, 0.2) is 0 Å². The second kappa shape index (κ2) is 6.29. The summed E-state index contributed by atoms with van der Waals surface area (Å²) in [7, 11) is 1.92. The van der Waals surface area contributed by atoms with E-state index >= 15 is 0 Å². The van der Waals surface area contributed by atoms with Gasteiger partial charge < -0.3 is 10.1 Å². The summed E-state index contributed by atoms with van der Waals surface area (Å²) in [4.78, 5) is 0. The number of nitrogens with one attached hydrogen (secondary N) is 1. The highest BCUT2D eigenvalue weighted by Crippen LogP contribution is 2.31. The van der Waals surface area contributed by atoms with Gasteiger partial charge in [-0.2, -0.15) is 0 Å². The Balaban J connectivity index is 2.26. The maximum Gasteiger partial charge on any atom is 0.130 e. The molecule has 0 spiro atoms. The van der Waals surface area contributed by atoms with Crippen molar-refractivity contribution in [3.8, 4) is 11.5 Å². The molecule has 0 bridgehead atoms. The molecule has 0 saturated heterocycles. The maximum absolute atomic E-state index is 6.32. The number of rotatable bonds is 4. The lowest BCUT2D eigenvalue weighted by molar-refractivity contribution is 0.478. The Morgan fingerprint density at radius 1 is 1.10 bits per heavy atom. The van der Waals surface area contributed by atoms with E-state index in [1.165, 1.54) is 5.56 Å². The molecule has 2 aromatic carbocycles. The summed E-state index contributed by atoms with van der Waals surface area (Å²) in [5.41, 5.74) is 3.36. The Hall–Kier alpha value is -1.51. The SMILES string of the molecule is CNC(C)c1ccc(Oc2cc(C)ccc2C)cc1Cl. The van der Waals surface area contributed by atoms with Crippen LogP contribution in [0.1, 0.15) is 29.7 Å². The minimum atomic E-state index is 0.220. The molecule has 0 saturated carbocycles. The van der Waals surface area contributed by atoms with Crippen molar-refractivity contribution in [1.82, 2.24) is 5.32 Å². The first-order chi connectivity index (χ1) is 9.51. The van der Waals surface area contributed by atoms with Gasteiger partial charge in [0.2, 0.25) is 0 Å². The van der Waals surface area contributed by atoms with Crippen LogP contribution in [0.25, 0.3) is 0 Å². The molecule has 0 aromatic heterocycles. The average Bonchev–Trinajstić information content (AvgIpc) is 2.42. The summed E-state index contributed by atoms with van der Waals surface area (Å²) in [6.07, 6.45) is 0. The van der Waals surface area contributed by atoms with Crippen LogP contribution in [-0.4, -0.2) is 7.05 Å². The summed E-state index contributed by atoms with van der Waals surface area (Å²) in [5.74, 6) is 1.63. The lowest BCUT2D eigenvalue weighted by atomic mass is 10.1. The van der Waals surface area contributed by atoms with E-state index in [1.807, 2.05) is 38.2 Å². The van der Waals surface area contributed by atoms with Crippen molar-refractivity contribution >= 4 is 11.6 Å². The molecule has 0 amide bonds. The van der Waals surface area contributed by atoms with Crippen LogP contribution in [0.2, 0.25) is 5.02 Å². The van der Waals surface area contributed by atoms with E-state index in [1.54, 1.807) is 0 Å². The first-order valence-electron chi connectivity index (χ1n) is 6.73. The number of hydrogen-bond acceptors (Lipinski definition) is 2. The molecule has 106 valence electrons.